The van der Waals surface area contributed by atoms with E-state index in [2.05, 4.69) is 10.5 Å². The fourth-order valence-corrected chi connectivity index (χ4v) is 4.07. The molecule has 0 saturated heterocycles. The lowest BCUT2D eigenvalue weighted by atomic mass is 9.94. The van der Waals surface area contributed by atoms with E-state index in [0.717, 1.165) is 25.7 Å². The maximum Gasteiger partial charge on any atom is 0.205 e. The highest BCUT2D eigenvalue weighted by molar-refractivity contribution is 6.04. The predicted molar refractivity (Wildman–Crippen MR) is 92.5 cm³/mol. The number of hydrogen-bond acceptors (Lipinski definition) is 6. The minimum atomic E-state index is -1.32. The van der Waals surface area contributed by atoms with Gasteiger partial charge in [0.1, 0.15) is 12.1 Å². The van der Waals surface area contributed by atoms with E-state index in [1.54, 1.807) is 4.57 Å². The Hall–Kier alpha value is -2.88. The first-order valence-corrected chi connectivity index (χ1v) is 8.19. The third-order valence-corrected chi connectivity index (χ3v) is 5.37. The number of amidine groups is 1. The average molecular weight is 364 g/mol. The molecule has 1 spiro atoms. The number of fused-ring (bicyclic) bond motifs is 1. The molecule has 1 fully saturated rings. The van der Waals surface area contributed by atoms with Crippen LogP contribution in [-0.2, 0) is 5.54 Å². The largest absolute Gasteiger partial charge is 0.486 e. The van der Waals surface area contributed by atoms with Gasteiger partial charge >= 0.3 is 0 Å². The molecule has 4 rings (SSSR count). The Morgan fingerprint density at radius 2 is 2.00 bits per heavy atom. The molecule has 1 aliphatic heterocycles. The Balaban J connectivity index is 2.21. The molecule has 1 aromatic heterocycles. The first-order chi connectivity index (χ1) is 12.4. The number of nitrogens with one attached hydrogen (secondary N) is 1. The fraction of sp³-hybridized carbons (Fsp3) is 0.375. The Labute approximate surface area is 146 Å². The summed E-state index contributed by atoms with van der Waals surface area (Å²) in [5.74, 6) is 7.81. The van der Waals surface area contributed by atoms with Crippen molar-refractivity contribution in [1.82, 2.24) is 9.99 Å². The molecule has 1 aromatic carbocycles. The van der Waals surface area contributed by atoms with Gasteiger partial charge in [0.15, 0.2) is 17.4 Å². The first kappa shape index (κ1) is 16.6. The second kappa shape index (κ2) is 5.56. The van der Waals surface area contributed by atoms with Gasteiger partial charge in [-0.25, -0.2) is 10.2 Å². The topological polar surface area (TPSA) is 134 Å². The van der Waals surface area contributed by atoms with Crippen molar-refractivity contribution in [3.05, 3.63) is 33.6 Å². The smallest absolute Gasteiger partial charge is 0.205 e. The minimum Gasteiger partial charge on any atom is -0.486 e. The molecule has 7 N–H and O–H groups in total. The molecular formula is C16H18F2N6O2. The molecule has 0 radical (unpaired) electrons. The molecule has 2 aromatic rings. The molecule has 0 unspecified atom stereocenters. The Morgan fingerprint density at radius 3 is 2.62 bits per heavy atom. The van der Waals surface area contributed by atoms with Gasteiger partial charge in [0.2, 0.25) is 11.2 Å². The van der Waals surface area contributed by atoms with Crippen molar-refractivity contribution in [2.24, 2.45) is 16.8 Å². The number of nitrogens with two attached hydrogens (primary N) is 3. The standard InChI is InChI=1S/C16H18F2N6O2/c17-9-10(18)14-12-8(11(9)19)13(25)7(15(22-20)23-21)5-24(12)16(6-26-14)3-1-2-4-16/h5H,1-4,6,19-21H2,(H,22,23). The minimum absolute atomic E-state index is 0.0272. The number of ether oxygens (including phenoxy) is 1. The van der Waals surface area contributed by atoms with Crippen LogP contribution in [0.3, 0.4) is 0 Å². The zero-order valence-corrected chi connectivity index (χ0v) is 13.8. The van der Waals surface area contributed by atoms with E-state index in [0.29, 0.717) is 0 Å². The molecule has 0 amide bonds. The number of anilines is 1. The van der Waals surface area contributed by atoms with Gasteiger partial charge in [0, 0.05) is 6.20 Å². The van der Waals surface area contributed by atoms with Gasteiger partial charge in [0.05, 0.1) is 22.2 Å². The van der Waals surface area contributed by atoms with Crippen LogP contribution in [0.2, 0.25) is 0 Å². The number of halogens is 2. The van der Waals surface area contributed by atoms with Crippen molar-refractivity contribution in [2.45, 2.75) is 31.2 Å². The molecule has 8 nitrogen and oxygen atoms in total. The van der Waals surface area contributed by atoms with Gasteiger partial charge in [-0.1, -0.05) is 12.8 Å². The Kier molecular flexibility index (Phi) is 3.55. The second-order valence-electron chi connectivity index (χ2n) is 6.68. The number of pyridine rings is 1. The number of nitrogens with zero attached hydrogens (tertiary/aromatic N) is 2. The Bertz CT molecular complexity index is 1010. The van der Waals surface area contributed by atoms with Crippen molar-refractivity contribution in [3.8, 4) is 5.75 Å². The number of aromatic nitrogens is 1. The molecule has 1 aliphatic carbocycles. The van der Waals surface area contributed by atoms with Crippen LogP contribution in [0.25, 0.3) is 10.9 Å². The predicted octanol–water partition coefficient (Wildman–Crippen LogP) is 0.607. The lowest BCUT2D eigenvalue weighted by molar-refractivity contribution is 0.136. The van der Waals surface area contributed by atoms with Crippen LogP contribution < -0.4 is 33.0 Å². The molecule has 138 valence electrons. The van der Waals surface area contributed by atoms with Gasteiger partial charge in [-0.15, -0.1) is 0 Å². The van der Waals surface area contributed by atoms with E-state index in [9.17, 15) is 13.6 Å². The number of hydrazine groups is 1. The molecule has 0 atom stereocenters. The van der Waals surface area contributed by atoms with Gasteiger partial charge in [-0.2, -0.15) is 9.49 Å². The third-order valence-electron chi connectivity index (χ3n) is 5.37. The van der Waals surface area contributed by atoms with Crippen LogP contribution in [0.15, 0.2) is 16.1 Å². The van der Waals surface area contributed by atoms with Gasteiger partial charge in [-0.3, -0.25) is 4.79 Å². The summed E-state index contributed by atoms with van der Waals surface area (Å²) in [6.45, 7) is 0.169. The highest BCUT2D eigenvalue weighted by Gasteiger charge is 2.43. The van der Waals surface area contributed by atoms with Crippen LogP contribution in [-0.4, -0.2) is 17.0 Å². The van der Waals surface area contributed by atoms with Gasteiger partial charge in [0.25, 0.3) is 0 Å². The second-order valence-corrected chi connectivity index (χ2v) is 6.68. The van der Waals surface area contributed by atoms with Crippen LogP contribution in [0.4, 0.5) is 14.5 Å². The fourth-order valence-electron chi connectivity index (χ4n) is 4.07. The van der Waals surface area contributed by atoms with E-state index < -0.39 is 28.3 Å². The lowest BCUT2D eigenvalue weighted by Gasteiger charge is -2.38. The first-order valence-electron chi connectivity index (χ1n) is 8.19. The third kappa shape index (κ3) is 1.96. The molecular weight excluding hydrogens is 346 g/mol. The summed E-state index contributed by atoms with van der Waals surface area (Å²) in [7, 11) is 0. The van der Waals surface area contributed by atoms with E-state index in [1.807, 2.05) is 0 Å². The molecule has 2 aliphatic rings. The van der Waals surface area contributed by atoms with Crippen molar-refractivity contribution in [2.75, 3.05) is 12.3 Å². The van der Waals surface area contributed by atoms with Crippen molar-refractivity contribution in [1.29, 1.82) is 0 Å². The Morgan fingerprint density at radius 1 is 1.31 bits per heavy atom. The summed E-state index contributed by atoms with van der Waals surface area (Å²) >= 11 is 0. The summed E-state index contributed by atoms with van der Waals surface area (Å²) in [6.07, 6.45) is 4.97. The van der Waals surface area contributed by atoms with Crippen LogP contribution in [0, 0.1) is 11.6 Å². The maximum atomic E-state index is 14.4. The molecule has 2 heterocycles. The summed E-state index contributed by atoms with van der Waals surface area (Å²) in [6, 6.07) is 0. The van der Waals surface area contributed by atoms with E-state index >= 15 is 0 Å². The van der Waals surface area contributed by atoms with Gasteiger partial charge in [-0.05, 0) is 12.8 Å². The zero-order chi connectivity index (χ0) is 18.6. The summed E-state index contributed by atoms with van der Waals surface area (Å²) < 4.78 is 36.1. The van der Waals surface area contributed by atoms with E-state index in [1.165, 1.54) is 6.20 Å². The van der Waals surface area contributed by atoms with Crippen molar-refractivity contribution < 1.29 is 13.5 Å². The maximum absolute atomic E-state index is 14.4. The molecule has 1 saturated carbocycles. The van der Waals surface area contributed by atoms with Crippen LogP contribution in [0.5, 0.6) is 5.75 Å². The molecule has 10 heteroatoms. The zero-order valence-electron chi connectivity index (χ0n) is 13.8. The quantitative estimate of drug-likeness (QED) is 0.193. The lowest BCUT2D eigenvalue weighted by Crippen LogP contribution is -2.43. The SMILES string of the molecule is N/N=C(\NN)c1cn2c3c(c(F)c(F)c(N)c3c1=O)OCC21CCCC1. The normalized spacial score (nSPS) is 18.3. The summed E-state index contributed by atoms with van der Waals surface area (Å²) in [4.78, 5) is 12.9. The highest BCUT2D eigenvalue weighted by atomic mass is 19.2. The van der Waals surface area contributed by atoms with E-state index in [-0.39, 0.29) is 34.7 Å². The van der Waals surface area contributed by atoms with Crippen LogP contribution in [0.1, 0.15) is 31.2 Å². The number of hydrogen-bond donors (Lipinski definition) is 4. The number of nitrogen functional groups attached to an aromatic ring is 1. The number of rotatable bonds is 1. The highest BCUT2D eigenvalue weighted by Crippen LogP contribution is 2.46. The number of benzene rings is 1. The number of hydrazone groups is 1. The summed E-state index contributed by atoms with van der Waals surface area (Å²) in [5, 5.41) is 3.30. The van der Waals surface area contributed by atoms with Gasteiger partial charge < -0.3 is 26.3 Å². The molecule has 0 bridgehead atoms. The van der Waals surface area contributed by atoms with Crippen molar-refractivity contribution in [3.63, 3.8) is 0 Å². The monoisotopic (exact) mass is 364 g/mol. The molecule has 26 heavy (non-hydrogen) atoms. The van der Waals surface area contributed by atoms with Crippen molar-refractivity contribution >= 4 is 22.4 Å². The van der Waals surface area contributed by atoms with Crippen LogP contribution >= 0.6 is 0 Å². The average Bonchev–Trinajstić information content (AvgIpc) is 3.10. The summed E-state index contributed by atoms with van der Waals surface area (Å²) in [5.41, 5.74) is 6.49. The van der Waals surface area contributed by atoms with E-state index in [4.69, 9.17) is 22.2 Å².